The molecule has 2 heterocycles. The maximum Gasteiger partial charge on any atom is 0.265 e. The van der Waals surface area contributed by atoms with Crippen LogP contribution in [0.5, 0.6) is 0 Å². The number of hydrogen-bond donors (Lipinski definition) is 1. The summed E-state index contributed by atoms with van der Waals surface area (Å²) in [6, 6.07) is 15.0. The number of benzene rings is 2. The summed E-state index contributed by atoms with van der Waals surface area (Å²) in [5.41, 5.74) is 4.02. The van der Waals surface area contributed by atoms with E-state index in [-0.39, 0.29) is 11.8 Å². The number of amides is 2. The molecular formula is C18H14N2O2. The van der Waals surface area contributed by atoms with E-state index in [0.29, 0.717) is 11.1 Å². The van der Waals surface area contributed by atoms with E-state index in [0.717, 1.165) is 24.2 Å². The Morgan fingerprint density at radius 3 is 2.14 bits per heavy atom. The molecule has 2 aliphatic rings. The minimum atomic E-state index is -0.266. The molecule has 0 radical (unpaired) electrons. The second-order valence-corrected chi connectivity index (χ2v) is 5.40. The Kier molecular flexibility index (Phi) is 2.82. The van der Waals surface area contributed by atoms with E-state index in [9.17, 15) is 9.59 Å². The van der Waals surface area contributed by atoms with Gasteiger partial charge in [-0.3, -0.25) is 9.59 Å². The van der Waals surface area contributed by atoms with Gasteiger partial charge in [0.1, 0.15) is 0 Å². The normalized spacial score (nSPS) is 18.2. The van der Waals surface area contributed by atoms with Crippen LogP contribution in [0.1, 0.15) is 31.8 Å². The van der Waals surface area contributed by atoms with Crippen LogP contribution in [0, 0.1) is 0 Å². The molecule has 0 bridgehead atoms. The third-order valence-corrected chi connectivity index (χ3v) is 4.10. The van der Waals surface area contributed by atoms with E-state index >= 15 is 0 Å². The SMILES string of the molecule is O=C1c2ccccc2C(=O)N1C=C1NCCc2ccccc21. The number of nitrogens with zero attached hydrogens (tertiary/aromatic N) is 1. The Bertz CT molecular complexity index is 788. The number of carbonyl (C=O) groups excluding carboxylic acids is 2. The molecule has 0 unspecified atom stereocenters. The molecule has 0 saturated carbocycles. The van der Waals surface area contributed by atoms with Crippen LogP contribution >= 0.6 is 0 Å². The highest BCUT2D eigenvalue weighted by Gasteiger charge is 2.34. The Hall–Kier alpha value is -2.88. The van der Waals surface area contributed by atoms with Crippen LogP contribution in [0.15, 0.2) is 54.7 Å². The predicted octanol–water partition coefficient (Wildman–Crippen LogP) is 2.43. The quantitative estimate of drug-likeness (QED) is 0.821. The van der Waals surface area contributed by atoms with Crippen molar-refractivity contribution < 1.29 is 9.59 Å². The predicted molar refractivity (Wildman–Crippen MR) is 83.1 cm³/mol. The van der Waals surface area contributed by atoms with E-state index in [2.05, 4.69) is 11.4 Å². The molecule has 0 atom stereocenters. The standard InChI is InChI=1S/C18H14N2O2/c21-17-14-7-3-4-8-15(14)18(22)20(17)11-16-13-6-2-1-5-12(13)9-10-19-16/h1-8,11,19H,9-10H2. The molecule has 4 nitrogen and oxygen atoms in total. The molecule has 4 heteroatoms. The molecule has 2 amide bonds. The van der Waals surface area contributed by atoms with Gasteiger partial charge in [-0.25, -0.2) is 4.90 Å². The lowest BCUT2D eigenvalue weighted by molar-refractivity contribution is 0.0721. The van der Waals surface area contributed by atoms with E-state index in [1.54, 1.807) is 30.5 Å². The summed E-state index contributed by atoms with van der Waals surface area (Å²) in [6.45, 7) is 0.798. The number of carbonyl (C=O) groups is 2. The zero-order chi connectivity index (χ0) is 15.1. The third kappa shape index (κ3) is 1.84. The number of imide groups is 1. The number of nitrogens with one attached hydrogen (secondary N) is 1. The minimum absolute atomic E-state index is 0.266. The van der Waals surface area contributed by atoms with Crippen molar-refractivity contribution in [3.8, 4) is 0 Å². The van der Waals surface area contributed by atoms with Gasteiger partial charge in [0.05, 0.1) is 16.8 Å². The lowest BCUT2D eigenvalue weighted by Gasteiger charge is -2.22. The summed E-state index contributed by atoms with van der Waals surface area (Å²) in [4.78, 5) is 26.1. The van der Waals surface area contributed by atoms with Crippen LogP contribution in [0.2, 0.25) is 0 Å². The molecule has 108 valence electrons. The molecule has 4 rings (SSSR count). The smallest absolute Gasteiger partial charge is 0.265 e. The largest absolute Gasteiger partial charge is 0.383 e. The minimum Gasteiger partial charge on any atom is -0.383 e. The highest BCUT2D eigenvalue weighted by molar-refractivity contribution is 6.22. The second kappa shape index (κ2) is 4.84. The molecule has 2 aromatic carbocycles. The fourth-order valence-electron chi connectivity index (χ4n) is 3.00. The van der Waals surface area contributed by atoms with Gasteiger partial charge in [0.2, 0.25) is 0 Å². The molecule has 2 aromatic rings. The van der Waals surface area contributed by atoms with E-state index < -0.39 is 0 Å². The number of rotatable bonds is 1. The lowest BCUT2D eigenvalue weighted by atomic mass is 9.98. The zero-order valence-corrected chi connectivity index (χ0v) is 11.9. The maximum absolute atomic E-state index is 12.4. The van der Waals surface area contributed by atoms with Gasteiger partial charge in [-0.2, -0.15) is 0 Å². The van der Waals surface area contributed by atoms with Crippen molar-refractivity contribution in [3.05, 3.63) is 77.0 Å². The highest BCUT2D eigenvalue weighted by Crippen LogP contribution is 2.27. The second-order valence-electron chi connectivity index (χ2n) is 5.40. The fourth-order valence-corrected chi connectivity index (χ4v) is 3.00. The Morgan fingerprint density at radius 1 is 0.864 bits per heavy atom. The number of fused-ring (bicyclic) bond motifs is 2. The van der Waals surface area contributed by atoms with Crippen molar-refractivity contribution in [1.82, 2.24) is 10.2 Å². The zero-order valence-electron chi connectivity index (χ0n) is 11.9. The van der Waals surface area contributed by atoms with Crippen molar-refractivity contribution in [2.24, 2.45) is 0 Å². The molecule has 1 N–H and O–H groups in total. The fraction of sp³-hybridized carbons (Fsp3) is 0.111. The van der Waals surface area contributed by atoms with Gasteiger partial charge >= 0.3 is 0 Å². The van der Waals surface area contributed by atoms with E-state index in [4.69, 9.17) is 0 Å². The molecule has 0 aliphatic carbocycles. The van der Waals surface area contributed by atoms with Gasteiger partial charge in [-0.1, -0.05) is 36.4 Å². The maximum atomic E-state index is 12.4. The molecule has 0 spiro atoms. The summed E-state index contributed by atoms with van der Waals surface area (Å²) in [7, 11) is 0. The van der Waals surface area contributed by atoms with E-state index in [1.807, 2.05) is 18.2 Å². The first-order valence-corrected chi connectivity index (χ1v) is 7.26. The van der Waals surface area contributed by atoms with Crippen molar-refractivity contribution in [2.75, 3.05) is 6.54 Å². The average molecular weight is 290 g/mol. The summed E-state index contributed by atoms with van der Waals surface area (Å²) >= 11 is 0. The van der Waals surface area contributed by atoms with E-state index in [1.165, 1.54) is 10.5 Å². The summed E-state index contributed by atoms with van der Waals surface area (Å²) in [5.74, 6) is -0.532. The van der Waals surface area contributed by atoms with Crippen molar-refractivity contribution in [1.29, 1.82) is 0 Å². The molecule has 22 heavy (non-hydrogen) atoms. The van der Waals surface area contributed by atoms with Gasteiger partial charge in [0, 0.05) is 18.3 Å². The van der Waals surface area contributed by atoms with Crippen LogP contribution in [-0.4, -0.2) is 23.3 Å². The van der Waals surface area contributed by atoms with Crippen molar-refractivity contribution in [3.63, 3.8) is 0 Å². The van der Waals surface area contributed by atoms with Crippen LogP contribution in [0.25, 0.3) is 5.70 Å². The van der Waals surface area contributed by atoms with Gasteiger partial charge in [0.15, 0.2) is 0 Å². The van der Waals surface area contributed by atoms with Gasteiger partial charge in [-0.05, 0) is 24.1 Å². The van der Waals surface area contributed by atoms with Crippen molar-refractivity contribution in [2.45, 2.75) is 6.42 Å². The van der Waals surface area contributed by atoms with Crippen LogP contribution < -0.4 is 5.32 Å². The Morgan fingerprint density at radius 2 is 1.45 bits per heavy atom. The molecular weight excluding hydrogens is 276 g/mol. The van der Waals surface area contributed by atoms with Crippen LogP contribution in [-0.2, 0) is 6.42 Å². The average Bonchev–Trinajstić information content (AvgIpc) is 2.81. The first kappa shape index (κ1) is 12.8. The summed E-state index contributed by atoms with van der Waals surface area (Å²) < 4.78 is 0. The van der Waals surface area contributed by atoms with Crippen LogP contribution in [0.3, 0.4) is 0 Å². The molecule has 0 fully saturated rings. The van der Waals surface area contributed by atoms with Crippen molar-refractivity contribution >= 4 is 17.5 Å². The van der Waals surface area contributed by atoms with Gasteiger partial charge < -0.3 is 5.32 Å². The first-order chi connectivity index (χ1) is 10.8. The molecule has 2 aliphatic heterocycles. The molecule has 0 aromatic heterocycles. The third-order valence-electron chi connectivity index (χ3n) is 4.10. The summed E-state index contributed by atoms with van der Waals surface area (Å²) in [5, 5.41) is 3.29. The Labute approximate surface area is 128 Å². The number of hydrogen-bond acceptors (Lipinski definition) is 3. The molecule has 0 saturated heterocycles. The van der Waals surface area contributed by atoms with Gasteiger partial charge in [0.25, 0.3) is 11.8 Å². The summed E-state index contributed by atoms with van der Waals surface area (Å²) in [6.07, 6.45) is 2.57. The first-order valence-electron chi connectivity index (χ1n) is 7.26. The Balaban J connectivity index is 1.77. The highest BCUT2D eigenvalue weighted by atomic mass is 16.2. The topological polar surface area (TPSA) is 49.4 Å². The van der Waals surface area contributed by atoms with Crippen LogP contribution in [0.4, 0.5) is 0 Å². The lowest BCUT2D eigenvalue weighted by Crippen LogP contribution is -2.29. The monoisotopic (exact) mass is 290 g/mol. The van der Waals surface area contributed by atoms with Gasteiger partial charge in [-0.15, -0.1) is 0 Å².